The minimum absolute atomic E-state index is 0.0757. The lowest BCUT2D eigenvalue weighted by molar-refractivity contribution is -0.122. The highest BCUT2D eigenvalue weighted by molar-refractivity contribution is 6.10. The molecule has 0 spiro atoms. The van der Waals surface area contributed by atoms with Gasteiger partial charge in [0.05, 0.1) is 25.4 Å². The smallest absolute Gasteiger partial charge is 0.323 e. The Hall–Kier alpha value is -3.80. The van der Waals surface area contributed by atoms with Gasteiger partial charge in [0.25, 0.3) is 11.8 Å². The minimum Gasteiger partial charge on any atom is -0.497 e. The number of aromatic nitrogens is 2. The third-order valence-electron chi connectivity index (χ3n) is 4.69. The van der Waals surface area contributed by atoms with E-state index in [0.717, 1.165) is 5.56 Å². The van der Waals surface area contributed by atoms with Crippen molar-refractivity contribution in [2.24, 2.45) is 7.05 Å². The maximum absolute atomic E-state index is 12.8. The zero-order chi connectivity index (χ0) is 19.9. The molecule has 142 valence electrons. The first-order valence-corrected chi connectivity index (χ1v) is 8.52. The van der Waals surface area contributed by atoms with Crippen LogP contribution in [0.1, 0.15) is 21.5 Å². The van der Waals surface area contributed by atoms with Gasteiger partial charge in [-0.2, -0.15) is 5.10 Å². The van der Waals surface area contributed by atoms with Gasteiger partial charge in [-0.1, -0.05) is 17.9 Å². The third-order valence-corrected chi connectivity index (χ3v) is 4.69. The van der Waals surface area contributed by atoms with E-state index in [1.807, 2.05) is 6.07 Å². The second-order valence-electron chi connectivity index (χ2n) is 6.65. The van der Waals surface area contributed by atoms with Crippen LogP contribution < -0.4 is 15.4 Å². The fourth-order valence-corrected chi connectivity index (χ4v) is 3.28. The van der Waals surface area contributed by atoms with E-state index in [4.69, 9.17) is 4.74 Å². The molecule has 0 saturated carbocycles. The van der Waals surface area contributed by atoms with Crippen molar-refractivity contribution in [1.82, 2.24) is 25.3 Å². The van der Waals surface area contributed by atoms with Gasteiger partial charge in [-0.3, -0.25) is 19.6 Å². The van der Waals surface area contributed by atoms with Crippen LogP contribution in [0, 0.1) is 11.8 Å². The molecule has 2 aliphatic rings. The molecule has 1 unspecified atom stereocenters. The van der Waals surface area contributed by atoms with Crippen LogP contribution in [0.25, 0.3) is 0 Å². The summed E-state index contributed by atoms with van der Waals surface area (Å²) in [5.74, 6) is 5.44. The Kier molecular flexibility index (Phi) is 4.04. The van der Waals surface area contributed by atoms with Crippen molar-refractivity contribution in [2.45, 2.75) is 12.1 Å². The maximum Gasteiger partial charge on any atom is 0.323 e. The first-order valence-electron chi connectivity index (χ1n) is 8.52. The van der Waals surface area contributed by atoms with Crippen molar-refractivity contribution in [3.05, 3.63) is 47.3 Å². The molecule has 0 aliphatic carbocycles. The Balaban J connectivity index is 1.64. The van der Waals surface area contributed by atoms with E-state index in [1.165, 1.54) is 12.0 Å². The van der Waals surface area contributed by atoms with Gasteiger partial charge in [-0.15, -0.1) is 0 Å². The molecule has 4 amide bonds. The summed E-state index contributed by atoms with van der Waals surface area (Å²) >= 11 is 0. The molecule has 2 aliphatic heterocycles. The molecule has 0 radical (unpaired) electrons. The number of benzene rings is 1. The Morgan fingerprint density at radius 2 is 2.14 bits per heavy atom. The quantitative estimate of drug-likeness (QED) is 0.578. The highest BCUT2D eigenvalue weighted by atomic mass is 16.5. The van der Waals surface area contributed by atoms with E-state index >= 15 is 0 Å². The Labute approximate surface area is 160 Å². The molecule has 9 nitrogen and oxygen atoms in total. The van der Waals surface area contributed by atoms with Crippen LogP contribution >= 0.6 is 0 Å². The predicted octanol–water partition coefficient (Wildman–Crippen LogP) is 0.0144. The number of hydrogen-bond acceptors (Lipinski definition) is 5. The zero-order valence-corrected chi connectivity index (χ0v) is 15.3. The van der Waals surface area contributed by atoms with Gasteiger partial charge < -0.3 is 15.0 Å². The van der Waals surface area contributed by atoms with Gasteiger partial charge in [0.2, 0.25) is 5.54 Å². The summed E-state index contributed by atoms with van der Waals surface area (Å²) in [6.45, 7) is 0.241. The van der Waals surface area contributed by atoms with Gasteiger partial charge in [-0.25, -0.2) is 4.79 Å². The number of urea groups is 1. The molecule has 3 heterocycles. The Morgan fingerprint density at radius 3 is 2.79 bits per heavy atom. The molecule has 28 heavy (non-hydrogen) atoms. The summed E-state index contributed by atoms with van der Waals surface area (Å²) < 4.78 is 6.76. The lowest BCUT2D eigenvalue weighted by atomic mass is 9.99. The summed E-state index contributed by atoms with van der Waals surface area (Å²) in [4.78, 5) is 38.6. The molecule has 4 rings (SSSR count). The number of carbonyl (C=O) groups is 3. The van der Waals surface area contributed by atoms with E-state index in [1.54, 1.807) is 36.3 Å². The lowest BCUT2D eigenvalue weighted by Gasteiger charge is -2.26. The fraction of sp³-hybridized carbons (Fsp3) is 0.263. The highest BCUT2D eigenvalue weighted by Crippen LogP contribution is 2.28. The number of aryl methyl sites for hydroxylation is 1. The normalized spacial score (nSPS) is 20.4. The van der Waals surface area contributed by atoms with Crippen molar-refractivity contribution in [3.63, 3.8) is 0 Å². The average Bonchev–Trinajstić information content (AvgIpc) is 3.30. The monoisotopic (exact) mass is 379 g/mol. The van der Waals surface area contributed by atoms with Crippen molar-refractivity contribution in [1.29, 1.82) is 0 Å². The van der Waals surface area contributed by atoms with E-state index in [2.05, 4.69) is 27.6 Å². The second-order valence-corrected chi connectivity index (χ2v) is 6.65. The van der Waals surface area contributed by atoms with Crippen LogP contribution in [-0.4, -0.2) is 51.7 Å². The molecule has 9 heteroatoms. The van der Waals surface area contributed by atoms with Gasteiger partial charge in [0, 0.05) is 25.4 Å². The maximum atomic E-state index is 12.8. The second kappa shape index (κ2) is 6.42. The van der Waals surface area contributed by atoms with E-state index in [0.29, 0.717) is 23.4 Å². The SMILES string of the molecule is COc1ccc2c(c1)C(=O)N(CC1(C#Cc3cnn(C)c3)NC(=O)NC1=O)C2. The molecule has 2 aromatic rings. The van der Waals surface area contributed by atoms with Gasteiger partial charge >= 0.3 is 6.03 Å². The molecule has 1 aromatic heterocycles. The number of imide groups is 1. The number of methoxy groups -OCH3 is 1. The molecular weight excluding hydrogens is 362 g/mol. The van der Waals surface area contributed by atoms with Crippen molar-refractivity contribution in [2.75, 3.05) is 13.7 Å². The van der Waals surface area contributed by atoms with Crippen LogP contribution in [-0.2, 0) is 18.4 Å². The lowest BCUT2D eigenvalue weighted by Crippen LogP contribution is -2.54. The Morgan fingerprint density at radius 1 is 1.32 bits per heavy atom. The molecule has 1 aromatic carbocycles. The number of amides is 4. The van der Waals surface area contributed by atoms with E-state index in [-0.39, 0.29) is 12.5 Å². The summed E-state index contributed by atoms with van der Waals surface area (Å²) in [6, 6.07) is 4.61. The predicted molar refractivity (Wildman–Crippen MR) is 97.2 cm³/mol. The average molecular weight is 379 g/mol. The van der Waals surface area contributed by atoms with Crippen LogP contribution in [0.5, 0.6) is 5.75 Å². The zero-order valence-electron chi connectivity index (χ0n) is 15.3. The van der Waals surface area contributed by atoms with Crippen molar-refractivity contribution < 1.29 is 19.1 Å². The largest absolute Gasteiger partial charge is 0.497 e. The number of nitrogens with zero attached hydrogens (tertiary/aromatic N) is 3. The summed E-state index contributed by atoms with van der Waals surface area (Å²) in [5, 5.41) is 8.81. The van der Waals surface area contributed by atoms with Crippen molar-refractivity contribution >= 4 is 17.8 Å². The van der Waals surface area contributed by atoms with Gasteiger partial charge in [0.15, 0.2) is 0 Å². The molecule has 0 bridgehead atoms. The van der Waals surface area contributed by atoms with Crippen molar-refractivity contribution in [3.8, 4) is 17.6 Å². The number of rotatable bonds is 3. The fourth-order valence-electron chi connectivity index (χ4n) is 3.28. The number of fused-ring (bicyclic) bond motifs is 1. The number of hydrogen-bond donors (Lipinski definition) is 2. The summed E-state index contributed by atoms with van der Waals surface area (Å²) in [7, 11) is 3.28. The van der Waals surface area contributed by atoms with Crippen LogP contribution in [0.15, 0.2) is 30.6 Å². The highest BCUT2D eigenvalue weighted by Gasteiger charge is 2.48. The number of nitrogens with one attached hydrogen (secondary N) is 2. The van der Waals surface area contributed by atoms with E-state index in [9.17, 15) is 14.4 Å². The molecule has 1 fully saturated rings. The Bertz CT molecular complexity index is 1060. The van der Waals surface area contributed by atoms with E-state index < -0.39 is 17.5 Å². The first-order chi connectivity index (χ1) is 13.4. The third kappa shape index (κ3) is 2.95. The standard InChI is InChI=1S/C19H17N5O4/c1-23-9-12(8-20-23)5-6-19(17(26)21-18(27)22-19)11-24-10-13-3-4-14(28-2)7-15(13)16(24)25/h3-4,7-9H,10-11H2,1-2H3,(H2,21,22,26,27). The molecule has 1 saturated heterocycles. The van der Waals surface area contributed by atoms with Gasteiger partial charge in [-0.05, 0) is 17.7 Å². The molecule has 2 N–H and O–H groups in total. The molecule has 1 atom stereocenters. The van der Waals surface area contributed by atoms with Crippen LogP contribution in [0.4, 0.5) is 4.79 Å². The summed E-state index contributed by atoms with van der Waals surface area (Å²) in [5.41, 5.74) is 0.399. The molecular formula is C19H17N5O4. The van der Waals surface area contributed by atoms with Crippen LogP contribution in [0.3, 0.4) is 0 Å². The minimum atomic E-state index is -1.53. The first kappa shape index (κ1) is 17.6. The number of ether oxygens (including phenoxy) is 1. The number of carbonyl (C=O) groups excluding carboxylic acids is 3. The topological polar surface area (TPSA) is 106 Å². The van der Waals surface area contributed by atoms with Gasteiger partial charge in [0.1, 0.15) is 5.75 Å². The summed E-state index contributed by atoms with van der Waals surface area (Å²) in [6.07, 6.45) is 3.25. The van der Waals surface area contributed by atoms with Crippen LogP contribution in [0.2, 0.25) is 0 Å².